The molecule has 1 fully saturated rings. The summed E-state index contributed by atoms with van der Waals surface area (Å²) >= 11 is 0. The van der Waals surface area contributed by atoms with E-state index in [0.717, 1.165) is 74.0 Å². The smallest absolute Gasteiger partial charge is 0.327 e. The number of piperidine rings is 1. The molecule has 6 nitrogen and oxygen atoms in total. The summed E-state index contributed by atoms with van der Waals surface area (Å²) in [5.74, 6) is 0. The molecule has 0 bridgehead atoms. The Morgan fingerprint density at radius 2 is 1.53 bits per heavy atom. The first-order valence-corrected chi connectivity index (χ1v) is 16.3. The number of benzene rings is 4. The van der Waals surface area contributed by atoms with Crippen LogP contribution in [0.15, 0.2) is 108 Å². The average Bonchev–Trinajstić information content (AvgIpc) is 3.61. The minimum absolute atomic E-state index is 0.0239. The molecule has 1 atom stereocenters. The molecule has 0 spiro atoms. The minimum atomic E-state index is -0.0239. The average molecular weight is 590 g/mol. The lowest BCUT2D eigenvalue weighted by atomic mass is 9.92. The van der Waals surface area contributed by atoms with E-state index in [1.165, 1.54) is 44.2 Å². The molecule has 1 saturated heterocycles. The molecule has 0 radical (unpaired) electrons. The Labute approximate surface area is 261 Å². The Kier molecular flexibility index (Phi) is 6.23. The van der Waals surface area contributed by atoms with Crippen LogP contribution in [0.2, 0.25) is 0 Å². The van der Waals surface area contributed by atoms with E-state index in [1.54, 1.807) is 0 Å². The van der Waals surface area contributed by atoms with Crippen molar-refractivity contribution in [2.75, 3.05) is 6.54 Å². The SMILES string of the molecule is O=c1[nH]c2ccccc2n1C1CCCCN1Cc1ccc(-c2c(-c3ccccc3)nc3c4c2c2ccccc2n4CCC3)cc1. The van der Waals surface area contributed by atoms with Crippen molar-refractivity contribution < 1.29 is 0 Å². The molecule has 45 heavy (non-hydrogen) atoms. The quantitative estimate of drug-likeness (QED) is 0.220. The zero-order valence-corrected chi connectivity index (χ0v) is 25.2. The molecule has 222 valence electrons. The van der Waals surface area contributed by atoms with Gasteiger partial charge in [0.2, 0.25) is 0 Å². The molecule has 0 saturated carbocycles. The van der Waals surface area contributed by atoms with Crippen LogP contribution in [0.4, 0.5) is 0 Å². The summed E-state index contributed by atoms with van der Waals surface area (Å²) in [6.07, 6.45) is 5.40. The van der Waals surface area contributed by atoms with Crippen LogP contribution in [-0.4, -0.2) is 30.5 Å². The number of nitrogens with one attached hydrogen (secondary N) is 1. The second-order valence-electron chi connectivity index (χ2n) is 12.6. The third-order valence-corrected chi connectivity index (χ3v) is 9.95. The number of rotatable bonds is 5. The van der Waals surface area contributed by atoms with Crippen molar-refractivity contribution in [1.29, 1.82) is 0 Å². The zero-order chi connectivity index (χ0) is 29.9. The lowest BCUT2D eigenvalue weighted by Gasteiger charge is -2.36. The summed E-state index contributed by atoms with van der Waals surface area (Å²) < 4.78 is 4.46. The van der Waals surface area contributed by atoms with Gasteiger partial charge >= 0.3 is 5.69 Å². The van der Waals surface area contributed by atoms with Crippen molar-refractivity contribution in [2.45, 2.75) is 51.4 Å². The number of likely N-dealkylation sites (tertiary alicyclic amines) is 1. The molecular weight excluding hydrogens is 554 g/mol. The largest absolute Gasteiger partial charge is 0.339 e. The summed E-state index contributed by atoms with van der Waals surface area (Å²) in [6.45, 7) is 2.80. The topological polar surface area (TPSA) is 58.9 Å². The molecule has 2 aliphatic heterocycles. The monoisotopic (exact) mass is 589 g/mol. The van der Waals surface area contributed by atoms with Gasteiger partial charge in [-0.1, -0.05) is 84.9 Å². The van der Waals surface area contributed by atoms with Gasteiger partial charge < -0.3 is 9.55 Å². The molecule has 1 N–H and O–H groups in total. The van der Waals surface area contributed by atoms with Crippen LogP contribution < -0.4 is 5.69 Å². The van der Waals surface area contributed by atoms with Crippen LogP contribution in [0, 0.1) is 0 Å². The van der Waals surface area contributed by atoms with Crippen molar-refractivity contribution in [1.82, 2.24) is 24.0 Å². The fourth-order valence-electron chi connectivity index (χ4n) is 7.95. The number of aromatic amines is 1. The Balaban J connectivity index is 1.15. The van der Waals surface area contributed by atoms with Crippen molar-refractivity contribution in [3.05, 3.63) is 125 Å². The van der Waals surface area contributed by atoms with Gasteiger partial charge in [-0.2, -0.15) is 0 Å². The fraction of sp³-hybridized carbons (Fsp3) is 0.231. The van der Waals surface area contributed by atoms with Gasteiger partial charge in [0.1, 0.15) is 0 Å². The molecule has 5 heterocycles. The van der Waals surface area contributed by atoms with Crippen molar-refractivity contribution in [2.24, 2.45) is 0 Å². The summed E-state index contributed by atoms with van der Waals surface area (Å²) in [5.41, 5.74) is 11.5. The lowest BCUT2D eigenvalue weighted by Crippen LogP contribution is -2.39. The number of H-pyrrole nitrogens is 1. The van der Waals surface area contributed by atoms with Crippen LogP contribution in [0.5, 0.6) is 0 Å². The van der Waals surface area contributed by atoms with E-state index in [1.807, 2.05) is 22.8 Å². The molecule has 9 rings (SSSR count). The second-order valence-corrected chi connectivity index (χ2v) is 12.6. The highest BCUT2D eigenvalue weighted by Crippen LogP contribution is 2.44. The number of pyridine rings is 1. The third-order valence-electron chi connectivity index (χ3n) is 9.95. The van der Waals surface area contributed by atoms with Crippen molar-refractivity contribution in [3.63, 3.8) is 0 Å². The number of para-hydroxylation sites is 3. The van der Waals surface area contributed by atoms with Crippen LogP contribution in [0.3, 0.4) is 0 Å². The Morgan fingerprint density at radius 1 is 0.756 bits per heavy atom. The number of hydrogen-bond acceptors (Lipinski definition) is 3. The van der Waals surface area contributed by atoms with E-state index < -0.39 is 0 Å². The highest BCUT2D eigenvalue weighted by atomic mass is 16.1. The van der Waals surface area contributed by atoms with E-state index in [-0.39, 0.29) is 11.9 Å². The summed E-state index contributed by atoms with van der Waals surface area (Å²) in [6, 6.07) is 36.7. The molecule has 1 unspecified atom stereocenters. The van der Waals surface area contributed by atoms with E-state index >= 15 is 0 Å². The maximum atomic E-state index is 13.1. The van der Waals surface area contributed by atoms with Crippen LogP contribution in [0.25, 0.3) is 55.2 Å². The first kappa shape index (κ1) is 26.5. The number of aryl methyl sites for hydroxylation is 2. The van der Waals surface area contributed by atoms with Gasteiger partial charge in [-0.3, -0.25) is 9.47 Å². The third kappa shape index (κ3) is 4.27. The van der Waals surface area contributed by atoms with Gasteiger partial charge in [0.15, 0.2) is 0 Å². The molecule has 2 aliphatic rings. The van der Waals surface area contributed by atoms with Gasteiger partial charge in [-0.05, 0) is 61.4 Å². The van der Waals surface area contributed by atoms with Crippen molar-refractivity contribution >= 4 is 32.8 Å². The van der Waals surface area contributed by atoms with Crippen LogP contribution in [-0.2, 0) is 19.5 Å². The highest BCUT2D eigenvalue weighted by molar-refractivity contribution is 6.18. The number of nitrogens with zero attached hydrogens (tertiary/aromatic N) is 4. The number of aromatic nitrogens is 4. The molecular formula is C39H35N5O. The Morgan fingerprint density at radius 3 is 2.40 bits per heavy atom. The second kappa shape index (κ2) is 10.6. The van der Waals surface area contributed by atoms with Crippen molar-refractivity contribution in [3.8, 4) is 22.4 Å². The van der Waals surface area contributed by atoms with Gasteiger partial charge in [-0.15, -0.1) is 0 Å². The molecule has 7 aromatic rings. The van der Waals surface area contributed by atoms with E-state index in [4.69, 9.17) is 4.98 Å². The number of imidazole rings is 1. The maximum absolute atomic E-state index is 13.1. The summed E-state index contributed by atoms with van der Waals surface area (Å²) in [4.78, 5) is 24.1. The van der Waals surface area contributed by atoms with Crippen LogP contribution in [0.1, 0.15) is 43.1 Å². The normalized spacial score (nSPS) is 17.0. The minimum Gasteiger partial charge on any atom is -0.339 e. The Bertz CT molecular complexity index is 2260. The summed E-state index contributed by atoms with van der Waals surface area (Å²) in [7, 11) is 0. The lowest BCUT2D eigenvalue weighted by molar-refractivity contribution is 0.0881. The zero-order valence-electron chi connectivity index (χ0n) is 25.2. The predicted octanol–water partition coefficient (Wildman–Crippen LogP) is 8.30. The molecule has 6 heteroatoms. The first-order valence-electron chi connectivity index (χ1n) is 16.3. The van der Waals surface area contributed by atoms with Gasteiger partial charge in [0, 0.05) is 47.1 Å². The standard InChI is InChI=1S/C39H35N5O/c45-39-41-30-14-5-7-17-33(30)44(39)34-18-8-9-23-42(34)25-26-19-21-27(22-20-26)35-36-29-13-4-6-16-32(29)43-24-10-15-31(38(36)43)40-37(35)28-11-2-1-3-12-28/h1-7,11-14,16-17,19-22,34H,8-10,15,18,23-25H2,(H,41,45). The van der Waals surface area contributed by atoms with E-state index in [9.17, 15) is 4.79 Å². The number of hydrogen-bond donors (Lipinski definition) is 1. The molecule has 4 aromatic carbocycles. The number of fused-ring (bicyclic) bond motifs is 4. The predicted molar refractivity (Wildman–Crippen MR) is 182 cm³/mol. The highest BCUT2D eigenvalue weighted by Gasteiger charge is 2.28. The van der Waals surface area contributed by atoms with Gasteiger partial charge in [-0.25, -0.2) is 9.78 Å². The van der Waals surface area contributed by atoms with Gasteiger partial charge in [0.25, 0.3) is 0 Å². The van der Waals surface area contributed by atoms with E-state index in [2.05, 4.69) is 99.4 Å². The fourth-order valence-corrected chi connectivity index (χ4v) is 7.95. The molecule has 0 amide bonds. The summed E-state index contributed by atoms with van der Waals surface area (Å²) in [5, 5.41) is 2.62. The van der Waals surface area contributed by atoms with Gasteiger partial charge in [0.05, 0.1) is 34.1 Å². The molecule has 0 aliphatic carbocycles. The maximum Gasteiger partial charge on any atom is 0.327 e. The van der Waals surface area contributed by atoms with E-state index in [0.29, 0.717) is 0 Å². The van der Waals surface area contributed by atoms with Crippen LogP contribution >= 0.6 is 0 Å². The Hall–Kier alpha value is -4.94. The first-order chi connectivity index (χ1) is 22.2. The molecule has 3 aromatic heterocycles.